The minimum Gasteiger partial charge on any atom is -0.378 e. The molecule has 6 nitrogen and oxygen atoms in total. The summed E-state index contributed by atoms with van der Waals surface area (Å²) in [5.74, 6) is -0.764. The molecule has 2 aromatic rings. The van der Waals surface area contributed by atoms with Crippen LogP contribution in [0.15, 0.2) is 48.5 Å². The number of sulfonamides is 1. The van der Waals surface area contributed by atoms with Crippen LogP contribution in [0.5, 0.6) is 0 Å². The Morgan fingerprint density at radius 1 is 1.00 bits per heavy atom. The number of rotatable bonds is 7. The molecule has 0 unspecified atom stereocenters. The first-order valence-electron chi connectivity index (χ1n) is 7.97. The van der Waals surface area contributed by atoms with Gasteiger partial charge in [-0.3, -0.25) is 9.10 Å². The predicted octanol–water partition coefficient (Wildman–Crippen LogP) is 2.69. The van der Waals surface area contributed by atoms with Crippen molar-refractivity contribution in [2.24, 2.45) is 0 Å². The smallest absolute Gasteiger partial charge is 0.232 e. The maximum Gasteiger partial charge on any atom is 0.232 e. The second kappa shape index (κ2) is 8.18. The van der Waals surface area contributed by atoms with E-state index in [1.807, 2.05) is 31.1 Å². The summed E-state index contributed by atoms with van der Waals surface area (Å²) in [6.07, 6.45) is 1.02. The van der Waals surface area contributed by atoms with Gasteiger partial charge in [-0.15, -0.1) is 0 Å². The van der Waals surface area contributed by atoms with Crippen LogP contribution in [0.1, 0.15) is 6.42 Å². The summed E-state index contributed by atoms with van der Waals surface area (Å²) >= 11 is 0. The molecule has 0 aromatic heterocycles. The lowest BCUT2D eigenvalue weighted by atomic mass is 10.2. The summed E-state index contributed by atoms with van der Waals surface area (Å²) in [7, 11) is 0.250. The van der Waals surface area contributed by atoms with Gasteiger partial charge in [0.2, 0.25) is 15.9 Å². The van der Waals surface area contributed by atoms with Crippen molar-refractivity contribution in [3.8, 4) is 0 Å². The Morgan fingerprint density at radius 2 is 1.54 bits per heavy atom. The molecule has 0 bridgehead atoms. The largest absolute Gasteiger partial charge is 0.378 e. The van der Waals surface area contributed by atoms with Crippen molar-refractivity contribution in [3.63, 3.8) is 0 Å². The first-order valence-corrected chi connectivity index (χ1v) is 9.82. The van der Waals surface area contributed by atoms with Crippen LogP contribution < -0.4 is 14.5 Å². The third-order valence-electron chi connectivity index (χ3n) is 3.72. The van der Waals surface area contributed by atoms with Crippen molar-refractivity contribution in [2.45, 2.75) is 6.42 Å². The first-order chi connectivity index (χ1) is 12.2. The average Bonchev–Trinajstić information content (AvgIpc) is 2.56. The van der Waals surface area contributed by atoms with Crippen molar-refractivity contribution in [2.75, 3.05) is 41.4 Å². The summed E-state index contributed by atoms with van der Waals surface area (Å²) in [5, 5.41) is 2.74. The number of nitrogens with one attached hydrogen (secondary N) is 1. The molecule has 8 heteroatoms. The van der Waals surface area contributed by atoms with Crippen LogP contribution in [0.4, 0.5) is 21.5 Å². The highest BCUT2D eigenvalue weighted by Gasteiger charge is 2.18. The Kier molecular flexibility index (Phi) is 6.20. The molecule has 0 aliphatic rings. The van der Waals surface area contributed by atoms with E-state index in [2.05, 4.69) is 5.32 Å². The molecule has 0 aliphatic heterocycles. The SMILES string of the molecule is CN(C)c1ccc(NC(=O)CCN(c2ccc(F)cc2)S(C)(=O)=O)cc1. The Balaban J connectivity index is 2.01. The predicted molar refractivity (Wildman–Crippen MR) is 103 cm³/mol. The van der Waals surface area contributed by atoms with E-state index >= 15 is 0 Å². The van der Waals surface area contributed by atoms with Gasteiger partial charge in [0.25, 0.3) is 0 Å². The number of carbonyl (C=O) groups is 1. The van der Waals surface area contributed by atoms with Crippen molar-refractivity contribution < 1.29 is 17.6 Å². The van der Waals surface area contributed by atoms with Gasteiger partial charge in [0, 0.05) is 38.4 Å². The third-order valence-corrected chi connectivity index (χ3v) is 4.92. The minimum atomic E-state index is -3.59. The quantitative estimate of drug-likeness (QED) is 0.803. The summed E-state index contributed by atoms with van der Waals surface area (Å²) in [4.78, 5) is 14.1. The normalized spacial score (nSPS) is 11.1. The molecule has 0 spiro atoms. The number of hydrogen-bond donors (Lipinski definition) is 1. The first kappa shape index (κ1) is 19.7. The lowest BCUT2D eigenvalue weighted by Crippen LogP contribution is -2.33. The number of anilines is 3. The average molecular weight is 379 g/mol. The number of halogens is 1. The maximum absolute atomic E-state index is 13.0. The van der Waals surface area contributed by atoms with Crippen molar-refractivity contribution in [3.05, 3.63) is 54.3 Å². The van der Waals surface area contributed by atoms with Crippen LogP contribution in [-0.4, -0.2) is 41.2 Å². The van der Waals surface area contributed by atoms with E-state index in [1.165, 1.54) is 24.3 Å². The Bertz CT molecular complexity index is 850. The number of benzene rings is 2. The highest BCUT2D eigenvalue weighted by atomic mass is 32.2. The minimum absolute atomic E-state index is 0.0279. The molecule has 140 valence electrons. The molecule has 2 aromatic carbocycles. The summed E-state index contributed by atoms with van der Waals surface area (Å²) < 4.78 is 38.1. The third kappa shape index (κ3) is 5.45. The van der Waals surface area contributed by atoms with Crippen LogP contribution in [-0.2, 0) is 14.8 Å². The molecule has 1 N–H and O–H groups in total. The van der Waals surface area contributed by atoms with E-state index in [-0.39, 0.29) is 18.9 Å². The number of hydrogen-bond acceptors (Lipinski definition) is 4. The van der Waals surface area contributed by atoms with Gasteiger partial charge in [-0.05, 0) is 48.5 Å². The van der Waals surface area contributed by atoms with E-state index in [1.54, 1.807) is 12.1 Å². The molecule has 2 rings (SSSR count). The number of nitrogens with zero attached hydrogens (tertiary/aromatic N) is 2. The zero-order valence-electron chi connectivity index (χ0n) is 14.9. The van der Waals surface area contributed by atoms with Gasteiger partial charge in [0.05, 0.1) is 11.9 Å². The second-order valence-electron chi connectivity index (χ2n) is 6.05. The van der Waals surface area contributed by atoms with E-state index in [0.717, 1.165) is 16.2 Å². The molecule has 0 aliphatic carbocycles. The fourth-order valence-electron chi connectivity index (χ4n) is 2.36. The van der Waals surface area contributed by atoms with Gasteiger partial charge in [-0.1, -0.05) is 0 Å². The van der Waals surface area contributed by atoms with Crippen molar-refractivity contribution in [1.29, 1.82) is 0 Å². The standard InChI is InChI=1S/C18H22FN3O3S/c1-21(2)16-10-6-15(7-11-16)20-18(23)12-13-22(26(3,24)25)17-8-4-14(19)5-9-17/h4-11H,12-13H2,1-3H3,(H,20,23). The molecule has 0 fully saturated rings. The molecule has 26 heavy (non-hydrogen) atoms. The lowest BCUT2D eigenvalue weighted by molar-refractivity contribution is -0.116. The molecular weight excluding hydrogens is 357 g/mol. The number of amides is 1. The number of carbonyl (C=O) groups excluding carboxylic acids is 1. The van der Waals surface area contributed by atoms with Gasteiger partial charge in [0.1, 0.15) is 5.82 Å². The maximum atomic E-state index is 13.0. The Hall–Kier alpha value is -2.61. The molecule has 0 saturated carbocycles. The summed E-state index contributed by atoms with van der Waals surface area (Å²) in [6.45, 7) is -0.0356. The fourth-order valence-corrected chi connectivity index (χ4v) is 3.29. The fraction of sp³-hybridized carbons (Fsp3) is 0.278. The zero-order valence-corrected chi connectivity index (χ0v) is 15.8. The van der Waals surface area contributed by atoms with E-state index in [0.29, 0.717) is 11.4 Å². The topological polar surface area (TPSA) is 69.7 Å². The van der Waals surface area contributed by atoms with Crippen LogP contribution in [0, 0.1) is 5.82 Å². The van der Waals surface area contributed by atoms with Gasteiger partial charge in [-0.25, -0.2) is 12.8 Å². The molecule has 0 atom stereocenters. The lowest BCUT2D eigenvalue weighted by Gasteiger charge is -2.22. The van der Waals surface area contributed by atoms with Crippen molar-refractivity contribution >= 4 is 33.0 Å². The van der Waals surface area contributed by atoms with E-state index in [9.17, 15) is 17.6 Å². The van der Waals surface area contributed by atoms with Crippen molar-refractivity contribution in [1.82, 2.24) is 0 Å². The van der Waals surface area contributed by atoms with Crippen LogP contribution in [0.25, 0.3) is 0 Å². The van der Waals surface area contributed by atoms with Gasteiger partial charge >= 0.3 is 0 Å². The molecular formula is C18H22FN3O3S. The van der Waals surface area contributed by atoms with Crippen LogP contribution in [0.2, 0.25) is 0 Å². The van der Waals surface area contributed by atoms with Gasteiger partial charge in [-0.2, -0.15) is 0 Å². The highest BCUT2D eigenvalue weighted by molar-refractivity contribution is 7.92. The molecule has 0 radical (unpaired) electrons. The molecule has 1 amide bonds. The summed E-state index contributed by atoms with van der Waals surface area (Å²) in [5.41, 5.74) is 1.95. The van der Waals surface area contributed by atoms with Gasteiger partial charge < -0.3 is 10.2 Å². The molecule has 0 saturated heterocycles. The Labute approximate surface area is 153 Å². The highest BCUT2D eigenvalue weighted by Crippen LogP contribution is 2.19. The van der Waals surface area contributed by atoms with E-state index < -0.39 is 15.8 Å². The zero-order chi connectivity index (χ0) is 19.3. The van der Waals surface area contributed by atoms with E-state index in [4.69, 9.17) is 0 Å². The second-order valence-corrected chi connectivity index (χ2v) is 7.96. The molecule has 0 heterocycles. The van der Waals surface area contributed by atoms with Crippen LogP contribution in [0.3, 0.4) is 0 Å². The monoisotopic (exact) mass is 379 g/mol. The van der Waals surface area contributed by atoms with Crippen LogP contribution >= 0.6 is 0 Å². The van der Waals surface area contributed by atoms with Gasteiger partial charge in [0.15, 0.2) is 0 Å². The Morgan fingerprint density at radius 3 is 2.04 bits per heavy atom. The summed E-state index contributed by atoms with van der Waals surface area (Å²) in [6, 6.07) is 12.4.